The molecule has 12 nitrogen and oxygen atoms in total. The highest BCUT2D eigenvalue weighted by Crippen LogP contribution is 2.36. The molecule has 4 aromatic rings. The molecule has 0 unspecified atom stereocenters. The minimum absolute atomic E-state index is 0.0273. The van der Waals surface area contributed by atoms with Crippen molar-refractivity contribution in [2.45, 2.75) is 49.3 Å². The lowest BCUT2D eigenvalue weighted by atomic mass is 10.2. The molecule has 0 fully saturated rings. The lowest BCUT2D eigenvalue weighted by molar-refractivity contribution is 0.0567. The lowest BCUT2D eigenvalue weighted by Crippen LogP contribution is -2.41. The normalized spacial score (nSPS) is 13.7. The van der Waals surface area contributed by atoms with Gasteiger partial charge in [0.15, 0.2) is 0 Å². The van der Waals surface area contributed by atoms with Crippen molar-refractivity contribution in [2.24, 2.45) is 0 Å². The van der Waals surface area contributed by atoms with Crippen molar-refractivity contribution in [1.82, 2.24) is 19.6 Å². The summed E-state index contributed by atoms with van der Waals surface area (Å²) in [7, 11) is -4.03. The standard InChI is InChI=1S/C27H29N5O7S/c1-27(2,3)39-26(35)30-11-13-38-24-7-5-21(15-23(24)30)40(36,37)20-4-6-22-18(14-20)16-29-32(25(22)34)17-19-8-9-28-31(19)10-12-33/h4-9,14-16,33H,10-13,17H2,1-3H3. The number of fused-ring (bicyclic) bond motifs is 2. The Morgan fingerprint density at radius 1 is 1.07 bits per heavy atom. The van der Waals surface area contributed by atoms with Crippen LogP contribution in [0.25, 0.3) is 10.8 Å². The Labute approximate surface area is 230 Å². The fraction of sp³-hybridized carbons (Fsp3) is 0.333. The summed E-state index contributed by atoms with van der Waals surface area (Å²) in [5.74, 6) is 0.375. The fourth-order valence-electron chi connectivity index (χ4n) is 4.40. The molecular formula is C27H29N5O7S. The van der Waals surface area contributed by atoms with E-state index in [4.69, 9.17) is 9.47 Å². The van der Waals surface area contributed by atoms with E-state index >= 15 is 0 Å². The highest BCUT2D eigenvalue weighted by molar-refractivity contribution is 7.91. The summed E-state index contributed by atoms with van der Waals surface area (Å²) in [5, 5.41) is 18.2. The predicted molar refractivity (Wildman–Crippen MR) is 145 cm³/mol. The summed E-state index contributed by atoms with van der Waals surface area (Å²) < 4.78 is 41.2. The third-order valence-corrected chi connectivity index (χ3v) is 8.03. The third-order valence-electron chi connectivity index (χ3n) is 6.28. The molecule has 2 aromatic heterocycles. The van der Waals surface area contributed by atoms with Crippen molar-refractivity contribution in [3.8, 4) is 5.75 Å². The van der Waals surface area contributed by atoms with E-state index in [0.717, 1.165) is 0 Å². The summed E-state index contributed by atoms with van der Waals surface area (Å²) in [4.78, 5) is 27.2. The average molecular weight is 568 g/mol. The molecule has 0 bridgehead atoms. The SMILES string of the molecule is CC(C)(C)OC(=O)N1CCOc2ccc(S(=O)(=O)c3ccc4c(=O)n(Cc5ccnn5CCO)ncc4c3)cc21. The van der Waals surface area contributed by atoms with Crippen molar-refractivity contribution >= 4 is 32.4 Å². The first-order valence-electron chi connectivity index (χ1n) is 12.6. The number of carbonyl (C=O) groups is 1. The first-order chi connectivity index (χ1) is 19.0. The number of carbonyl (C=O) groups excluding carboxylic acids is 1. The van der Waals surface area contributed by atoms with E-state index in [2.05, 4.69) is 10.2 Å². The smallest absolute Gasteiger partial charge is 0.415 e. The molecular weight excluding hydrogens is 538 g/mol. The molecule has 0 radical (unpaired) electrons. The molecule has 0 saturated heterocycles. The summed E-state index contributed by atoms with van der Waals surface area (Å²) in [6.07, 6.45) is 2.42. The average Bonchev–Trinajstić information content (AvgIpc) is 3.35. The second-order valence-electron chi connectivity index (χ2n) is 10.2. The van der Waals surface area contributed by atoms with Gasteiger partial charge in [-0.25, -0.2) is 17.9 Å². The van der Waals surface area contributed by atoms with Gasteiger partial charge in [0.2, 0.25) is 9.84 Å². The number of aliphatic hydroxyl groups excluding tert-OH is 1. The van der Waals surface area contributed by atoms with E-state index in [0.29, 0.717) is 27.9 Å². The van der Waals surface area contributed by atoms with Crippen LogP contribution in [0.4, 0.5) is 10.5 Å². The number of sulfone groups is 1. The molecule has 1 aliphatic rings. The van der Waals surface area contributed by atoms with Crippen molar-refractivity contribution in [1.29, 1.82) is 0 Å². The van der Waals surface area contributed by atoms with Gasteiger partial charge in [0.05, 0.1) is 59.0 Å². The zero-order valence-corrected chi connectivity index (χ0v) is 23.1. The summed E-state index contributed by atoms with van der Waals surface area (Å²) in [5.41, 5.74) is -0.124. The molecule has 1 aliphatic heterocycles. The monoisotopic (exact) mass is 567 g/mol. The zero-order chi connectivity index (χ0) is 28.7. The van der Waals surface area contributed by atoms with Gasteiger partial charge in [-0.05, 0) is 63.2 Å². The number of hydrogen-bond acceptors (Lipinski definition) is 9. The lowest BCUT2D eigenvalue weighted by Gasteiger charge is -2.31. The molecule has 3 heterocycles. The molecule has 13 heteroatoms. The van der Waals surface area contributed by atoms with Gasteiger partial charge in [0, 0.05) is 11.6 Å². The van der Waals surface area contributed by atoms with Crippen LogP contribution in [0, 0.1) is 0 Å². The Bertz CT molecular complexity index is 1760. The highest BCUT2D eigenvalue weighted by atomic mass is 32.2. The van der Waals surface area contributed by atoms with Crippen LogP contribution in [0.3, 0.4) is 0 Å². The van der Waals surface area contributed by atoms with E-state index in [9.17, 15) is 23.1 Å². The Balaban J connectivity index is 1.47. The van der Waals surface area contributed by atoms with Gasteiger partial charge in [-0.15, -0.1) is 0 Å². The Morgan fingerprint density at radius 2 is 1.82 bits per heavy atom. The maximum atomic E-state index is 13.6. The first kappa shape index (κ1) is 27.3. The summed E-state index contributed by atoms with van der Waals surface area (Å²) >= 11 is 0. The van der Waals surface area contributed by atoms with Gasteiger partial charge < -0.3 is 14.6 Å². The second kappa shape index (κ2) is 10.4. The molecule has 0 saturated carbocycles. The van der Waals surface area contributed by atoms with Gasteiger partial charge in [-0.2, -0.15) is 10.2 Å². The number of anilines is 1. The quantitative estimate of drug-likeness (QED) is 0.371. The number of hydrogen-bond donors (Lipinski definition) is 1. The van der Waals surface area contributed by atoms with E-state index in [-0.39, 0.29) is 42.6 Å². The van der Waals surface area contributed by atoms with Gasteiger partial charge >= 0.3 is 6.09 Å². The van der Waals surface area contributed by atoms with E-state index in [1.807, 2.05) is 0 Å². The number of aliphatic hydroxyl groups is 1. The van der Waals surface area contributed by atoms with Crippen LogP contribution in [0.15, 0.2) is 69.4 Å². The van der Waals surface area contributed by atoms with Crippen LogP contribution in [-0.2, 0) is 27.7 Å². The summed E-state index contributed by atoms with van der Waals surface area (Å²) in [6, 6.07) is 10.3. The molecule has 5 rings (SSSR count). The van der Waals surface area contributed by atoms with E-state index in [1.54, 1.807) is 37.7 Å². The first-order valence-corrected chi connectivity index (χ1v) is 14.1. The molecule has 0 aliphatic carbocycles. The largest absolute Gasteiger partial charge is 0.490 e. The number of aromatic nitrogens is 4. The van der Waals surface area contributed by atoms with Crippen LogP contribution >= 0.6 is 0 Å². The second-order valence-corrected chi connectivity index (χ2v) is 12.2. The number of ether oxygens (including phenoxy) is 2. The topological polar surface area (TPSA) is 146 Å². The molecule has 2 aromatic carbocycles. The van der Waals surface area contributed by atoms with Crippen LogP contribution in [0.1, 0.15) is 26.5 Å². The van der Waals surface area contributed by atoms with Crippen molar-refractivity contribution in [3.63, 3.8) is 0 Å². The van der Waals surface area contributed by atoms with E-state index in [1.165, 1.54) is 52.2 Å². The van der Waals surface area contributed by atoms with Crippen LogP contribution in [-0.4, -0.2) is 64.5 Å². The van der Waals surface area contributed by atoms with Crippen molar-refractivity contribution < 1.29 is 27.8 Å². The number of amides is 1. The molecule has 1 N–H and O–H groups in total. The van der Waals surface area contributed by atoms with Gasteiger partial charge in [-0.1, -0.05) is 0 Å². The van der Waals surface area contributed by atoms with Crippen molar-refractivity contribution in [3.05, 3.63) is 70.9 Å². The molecule has 40 heavy (non-hydrogen) atoms. The van der Waals surface area contributed by atoms with Crippen LogP contribution in [0.2, 0.25) is 0 Å². The van der Waals surface area contributed by atoms with Crippen LogP contribution < -0.4 is 15.2 Å². The van der Waals surface area contributed by atoms with Crippen LogP contribution in [0.5, 0.6) is 5.75 Å². The number of nitrogens with zero attached hydrogens (tertiary/aromatic N) is 5. The maximum absolute atomic E-state index is 13.6. The highest BCUT2D eigenvalue weighted by Gasteiger charge is 2.30. The molecule has 210 valence electrons. The van der Waals surface area contributed by atoms with Crippen molar-refractivity contribution in [2.75, 3.05) is 24.7 Å². The van der Waals surface area contributed by atoms with E-state index < -0.39 is 27.1 Å². The number of benzene rings is 2. The fourth-order valence-corrected chi connectivity index (χ4v) is 5.71. The Hall–Kier alpha value is -4.23. The summed E-state index contributed by atoms with van der Waals surface area (Å²) in [6.45, 7) is 6.05. The molecule has 0 atom stereocenters. The zero-order valence-electron chi connectivity index (χ0n) is 22.3. The van der Waals surface area contributed by atoms with Gasteiger partial charge in [0.1, 0.15) is 18.0 Å². The minimum Gasteiger partial charge on any atom is -0.490 e. The van der Waals surface area contributed by atoms with Gasteiger partial charge in [0.25, 0.3) is 5.56 Å². The molecule has 1 amide bonds. The Kier molecular flexibility index (Phi) is 7.10. The maximum Gasteiger partial charge on any atom is 0.415 e. The van der Waals surface area contributed by atoms with Gasteiger partial charge in [-0.3, -0.25) is 14.4 Å². The third kappa shape index (κ3) is 5.29. The minimum atomic E-state index is -4.03. The number of rotatable bonds is 6. The Morgan fingerprint density at radius 3 is 2.58 bits per heavy atom. The molecule has 0 spiro atoms. The predicted octanol–water partition coefficient (Wildman–Crippen LogP) is 2.60.